The Morgan fingerprint density at radius 2 is 1.89 bits per heavy atom. The van der Waals surface area contributed by atoms with E-state index in [1.807, 2.05) is 6.92 Å². The van der Waals surface area contributed by atoms with E-state index in [1.54, 1.807) is 0 Å². The Morgan fingerprint density at radius 3 is 2.33 bits per heavy atom. The molecule has 0 bridgehead atoms. The summed E-state index contributed by atoms with van der Waals surface area (Å²) >= 11 is 0. The van der Waals surface area contributed by atoms with E-state index in [9.17, 15) is 4.79 Å². The summed E-state index contributed by atoms with van der Waals surface area (Å²) in [6.07, 6.45) is 4.14. The van der Waals surface area contributed by atoms with Crippen LogP contribution in [0.3, 0.4) is 0 Å². The fourth-order valence-corrected chi connectivity index (χ4v) is 2.67. The molecule has 0 saturated carbocycles. The highest BCUT2D eigenvalue weighted by Crippen LogP contribution is 2.25. The van der Waals surface area contributed by atoms with E-state index in [4.69, 9.17) is 5.73 Å². The summed E-state index contributed by atoms with van der Waals surface area (Å²) in [6, 6.07) is 0.249. The number of carbonyl (C=O) groups is 1. The molecule has 4 nitrogen and oxygen atoms in total. The Hall–Kier alpha value is -0.610. The predicted molar refractivity (Wildman–Crippen MR) is 75.4 cm³/mol. The quantitative estimate of drug-likeness (QED) is 0.724. The van der Waals surface area contributed by atoms with Crippen LogP contribution in [0, 0.1) is 0 Å². The van der Waals surface area contributed by atoms with E-state index in [0.29, 0.717) is 6.04 Å². The largest absolute Gasteiger partial charge is 0.352 e. The molecule has 1 unspecified atom stereocenters. The summed E-state index contributed by atoms with van der Waals surface area (Å²) in [6.45, 7) is 10.0. The van der Waals surface area contributed by atoms with Crippen LogP contribution in [-0.4, -0.2) is 41.5 Å². The van der Waals surface area contributed by atoms with Crippen molar-refractivity contribution in [3.05, 3.63) is 0 Å². The van der Waals surface area contributed by atoms with Crippen LogP contribution in [0.5, 0.6) is 0 Å². The van der Waals surface area contributed by atoms with Crippen LogP contribution in [0.25, 0.3) is 0 Å². The van der Waals surface area contributed by atoms with Gasteiger partial charge in [0.05, 0.1) is 6.04 Å². The zero-order chi connectivity index (χ0) is 13.8. The number of hydrogen-bond acceptors (Lipinski definition) is 3. The number of hydrogen-bond donors (Lipinski definition) is 2. The minimum Gasteiger partial charge on any atom is -0.352 e. The monoisotopic (exact) mass is 255 g/mol. The highest BCUT2D eigenvalue weighted by atomic mass is 16.2. The number of nitrogens with one attached hydrogen (secondary N) is 1. The van der Waals surface area contributed by atoms with Gasteiger partial charge in [0.15, 0.2) is 0 Å². The average molecular weight is 255 g/mol. The highest BCUT2D eigenvalue weighted by Gasteiger charge is 2.42. The maximum absolute atomic E-state index is 12.1. The van der Waals surface area contributed by atoms with Crippen molar-refractivity contribution < 1.29 is 4.79 Å². The standard InChI is InChI=1S/C14H29N3O/c1-5-8-14(15)9-17(10-14)11(4)13(18)16-12(6-2)7-3/h11-12H,5-10,15H2,1-4H3,(H,16,18). The van der Waals surface area contributed by atoms with Crippen LogP contribution in [0.15, 0.2) is 0 Å². The van der Waals surface area contributed by atoms with Gasteiger partial charge in [-0.1, -0.05) is 27.2 Å². The van der Waals surface area contributed by atoms with Gasteiger partial charge in [-0.3, -0.25) is 9.69 Å². The van der Waals surface area contributed by atoms with Crippen LogP contribution in [-0.2, 0) is 4.79 Å². The lowest BCUT2D eigenvalue weighted by Gasteiger charge is -2.50. The molecule has 1 fully saturated rings. The summed E-state index contributed by atoms with van der Waals surface area (Å²) in [5.41, 5.74) is 6.16. The Morgan fingerprint density at radius 1 is 1.33 bits per heavy atom. The van der Waals surface area contributed by atoms with E-state index in [0.717, 1.165) is 38.8 Å². The molecule has 0 aromatic rings. The molecular formula is C14H29N3O. The molecule has 0 aliphatic carbocycles. The highest BCUT2D eigenvalue weighted by molar-refractivity contribution is 5.81. The fraction of sp³-hybridized carbons (Fsp3) is 0.929. The summed E-state index contributed by atoms with van der Waals surface area (Å²) < 4.78 is 0. The van der Waals surface area contributed by atoms with Gasteiger partial charge in [0.2, 0.25) is 5.91 Å². The summed E-state index contributed by atoms with van der Waals surface area (Å²) in [7, 11) is 0. The van der Waals surface area contributed by atoms with Crippen molar-refractivity contribution in [3.63, 3.8) is 0 Å². The molecule has 1 rings (SSSR count). The van der Waals surface area contributed by atoms with Gasteiger partial charge >= 0.3 is 0 Å². The van der Waals surface area contributed by atoms with Gasteiger partial charge in [0.25, 0.3) is 0 Å². The van der Waals surface area contributed by atoms with Crippen molar-refractivity contribution in [2.75, 3.05) is 13.1 Å². The van der Waals surface area contributed by atoms with Gasteiger partial charge in [-0.15, -0.1) is 0 Å². The van der Waals surface area contributed by atoms with Gasteiger partial charge in [0, 0.05) is 24.7 Å². The maximum atomic E-state index is 12.1. The lowest BCUT2D eigenvalue weighted by atomic mass is 9.85. The second-order valence-corrected chi connectivity index (χ2v) is 5.72. The molecular weight excluding hydrogens is 226 g/mol. The third-order valence-corrected chi connectivity index (χ3v) is 4.04. The van der Waals surface area contributed by atoms with E-state index in [-0.39, 0.29) is 17.5 Å². The summed E-state index contributed by atoms with van der Waals surface area (Å²) in [4.78, 5) is 14.3. The number of likely N-dealkylation sites (tertiary alicyclic amines) is 1. The Balaban J connectivity index is 2.38. The molecule has 4 heteroatoms. The molecule has 0 aromatic carbocycles. The van der Waals surface area contributed by atoms with E-state index in [2.05, 4.69) is 31.0 Å². The molecule has 1 heterocycles. The molecule has 0 aromatic heterocycles. The lowest BCUT2D eigenvalue weighted by Crippen LogP contribution is -2.70. The second kappa shape index (κ2) is 6.53. The molecule has 106 valence electrons. The summed E-state index contributed by atoms with van der Waals surface area (Å²) in [5, 5.41) is 3.10. The van der Waals surface area contributed by atoms with Gasteiger partial charge in [0.1, 0.15) is 0 Å². The van der Waals surface area contributed by atoms with Crippen molar-refractivity contribution in [3.8, 4) is 0 Å². The van der Waals surface area contributed by atoms with Crippen LogP contribution in [0.2, 0.25) is 0 Å². The van der Waals surface area contributed by atoms with Crippen LogP contribution >= 0.6 is 0 Å². The van der Waals surface area contributed by atoms with Gasteiger partial charge in [-0.25, -0.2) is 0 Å². The summed E-state index contributed by atoms with van der Waals surface area (Å²) in [5.74, 6) is 0.141. The predicted octanol–water partition coefficient (Wildman–Crippen LogP) is 1.49. The average Bonchev–Trinajstić information content (AvgIpc) is 2.31. The minimum atomic E-state index is -0.0573. The first kappa shape index (κ1) is 15.4. The molecule has 0 radical (unpaired) electrons. The zero-order valence-corrected chi connectivity index (χ0v) is 12.3. The number of carbonyl (C=O) groups excluding carboxylic acids is 1. The van der Waals surface area contributed by atoms with Crippen LogP contribution < -0.4 is 11.1 Å². The van der Waals surface area contributed by atoms with Crippen molar-refractivity contribution in [2.24, 2.45) is 5.73 Å². The fourth-order valence-electron chi connectivity index (χ4n) is 2.67. The van der Waals surface area contributed by atoms with Crippen LogP contribution in [0.1, 0.15) is 53.4 Å². The molecule has 18 heavy (non-hydrogen) atoms. The molecule has 1 saturated heterocycles. The minimum absolute atomic E-state index is 0.0564. The first-order chi connectivity index (χ1) is 8.45. The molecule has 0 spiro atoms. The van der Waals surface area contributed by atoms with E-state index in [1.165, 1.54) is 0 Å². The second-order valence-electron chi connectivity index (χ2n) is 5.72. The number of nitrogens with zero attached hydrogens (tertiary/aromatic N) is 1. The maximum Gasteiger partial charge on any atom is 0.237 e. The third kappa shape index (κ3) is 3.69. The topological polar surface area (TPSA) is 58.4 Å². The van der Waals surface area contributed by atoms with Crippen molar-refractivity contribution in [1.82, 2.24) is 10.2 Å². The normalized spacial score (nSPS) is 20.6. The smallest absolute Gasteiger partial charge is 0.237 e. The van der Waals surface area contributed by atoms with Crippen LogP contribution in [0.4, 0.5) is 0 Å². The SMILES string of the molecule is CCCC1(N)CN(C(C)C(=O)NC(CC)CC)C1. The first-order valence-electron chi connectivity index (χ1n) is 7.29. The molecule has 1 atom stereocenters. The molecule has 3 N–H and O–H groups in total. The number of nitrogens with two attached hydrogens (primary N) is 1. The van der Waals surface area contributed by atoms with Gasteiger partial charge in [-0.2, -0.15) is 0 Å². The Labute approximate surface area is 111 Å². The van der Waals surface area contributed by atoms with E-state index < -0.39 is 0 Å². The number of amides is 1. The number of rotatable bonds is 7. The van der Waals surface area contributed by atoms with Crippen molar-refractivity contribution in [2.45, 2.75) is 71.0 Å². The molecule has 1 aliphatic heterocycles. The Kier molecular flexibility index (Phi) is 5.60. The Bertz CT molecular complexity index is 270. The van der Waals surface area contributed by atoms with E-state index >= 15 is 0 Å². The third-order valence-electron chi connectivity index (χ3n) is 4.04. The molecule has 1 amide bonds. The van der Waals surface area contributed by atoms with Gasteiger partial charge < -0.3 is 11.1 Å². The molecule has 1 aliphatic rings. The van der Waals surface area contributed by atoms with Crippen molar-refractivity contribution in [1.29, 1.82) is 0 Å². The zero-order valence-electron chi connectivity index (χ0n) is 12.3. The first-order valence-corrected chi connectivity index (χ1v) is 7.29. The lowest BCUT2D eigenvalue weighted by molar-refractivity contribution is -0.129. The van der Waals surface area contributed by atoms with Gasteiger partial charge in [-0.05, 0) is 26.2 Å². The van der Waals surface area contributed by atoms with Crippen molar-refractivity contribution >= 4 is 5.91 Å².